The number of nitrogens with zero attached hydrogens (tertiary/aromatic N) is 1. The molecule has 108 valence electrons. The Kier molecular flexibility index (Phi) is 4.98. The number of likely N-dealkylation sites (tertiary alicyclic amines) is 1. The Labute approximate surface area is 122 Å². The third-order valence-electron chi connectivity index (χ3n) is 3.26. The van der Waals surface area contributed by atoms with E-state index in [9.17, 15) is 9.59 Å². The van der Waals surface area contributed by atoms with Crippen molar-refractivity contribution in [2.24, 2.45) is 5.92 Å². The molecule has 0 aliphatic carbocycles. The van der Waals surface area contributed by atoms with E-state index in [1.807, 2.05) is 0 Å². The standard InChI is InChI=1S/C14H17ClN2O3/c1-20-7-6-17-9-10(8-13(17)18)14(19)16-12-4-2-11(15)3-5-12/h2-5,10H,6-9H2,1H3,(H,16,19)/t10-/m1/s1. The van der Waals surface area contributed by atoms with Crippen molar-refractivity contribution in [2.45, 2.75) is 6.42 Å². The maximum Gasteiger partial charge on any atom is 0.229 e. The number of benzene rings is 1. The molecule has 0 aromatic heterocycles. The molecule has 1 aliphatic rings. The van der Waals surface area contributed by atoms with Crippen LogP contribution in [-0.2, 0) is 14.3 Å². The minimum Gasteiger partial charge on any atom is -0.383 e. The molecule has 0 unspecified atom stereocenters. The first-order chi connectivity index (χ1) is 9.60. The number of amides is 2. The lowest BCUT2D eigenvalue weighted by Crippen LogP contribution is -2.30. The molecule has 6 heteroatoms. The zero-order valence-corrected chi connectivity index (χ0v) is 12.0. The number of halogens is 1. The van der Waals surface area contributed by atoms with E-state index < -0.39 is 0 Å². The van der Waals surface area contributed by atoms with Gasteiger partial charge in [0.1, 0.15) is 0 Å². The molecule has 1 aromatic carbocycles. The van der Waals surface area contributed by atoms with Crippen molar-refractivity contribution in [1.82, 2.24) is 4.90 Å². The van der Waals surface area contributed by atoms with Crippen LogP contribution in [0.3, 0.4) is 0 Å². The van der Waals surface area contributed by atoms with Gasteiger partial charge in [0.2, 0.25) is 11.8 Å². The minimum absolute atomic E-state index is 0.00157. The van der Waals surface area contributed by atoms with E-state index in [2.05, 4.69) is 5.32 Å². The van der Waals surface area contributed by atoms with Gasteiger partial charge in [-0.15, -0.1) is 0 Å². The largest absolute Gasteiger partial charge is 0.383 e. The van der Waals surface area contributed by atoms with Gasteiger partial charge in [0.15, 0.2) is 0 Å². The third-order valence-corrected chi connectivity index (χ3v) is 3.51. The monoisotopic (exact) mass is 296 g/mol. The maximum atomic E-state index is 12.1. The number of carbonyl (C=O) groups excluding carboxylic acids is 2. The summed E-state index contributed by atoms with van der Waals surface area (Å²) in [4.78, 5) is 25.5. The van der Waals surface area contributed by atoms with Gasteiger partial charge in [-0.2, -0.15) is 0 Å². The van der Waals surface area contributed by atoms with E-state index in [4.69, 9.17) is 16.3 Å². The van der Waals surface area contributed by atoms with Crippen LogP contribution in [0.5, 0.6) is 0 Å². The summed E-state index contributed by atoms with van der Waals surface area (Å²) in [6.07, 6.45) is 0.253. The Morgan fingerprint density at radius 3 is 2.80 bits per heavy atom. The maximum absolute atomic E-state index is 12.1. The molecular weight excluding hydrogens is 280 g/mol. The number of rotatable bonds is 5. The Morgan fingerprint density at radius 2 is 2.15 bits per heavy atom. The van der Waals surface area contributed by atoms with E-state index in [1.54, 1.807) is 36.3 Å². The fourth-order valence-electron chi connectivity index (χ4n) is 2.14. The molecule has 1 N–H and O–H groups in total. The Bertz CT molecular complexity index is 490. The third kappa shape index (κ3) is 3.71. The molecule has 1 atom stereocenters. The Hall–Kier alpha value is -1.59. The number of carbonyl (C=O) groups is 2. The average molecular weight is 297 g/mol. The fraction of sp³-hybridized carbons (Fsp3) is 0.429. The van der Waals surface area contributed by atoms with Gasteiger partial charge in [-0.05, 0) is 24.3 Å². The molecule has 0 bridgehead atoms. The molecule has 1 aromatic rings. The van der Waals surface area contributed by atoms with Gasteiger partial charge in [-0.1, -0.05) is 11.6 Å². The summed E-state index contributed by atoms with van der Waals surface area (Å²) in [5, 5.41) is 3.42. The SMILES string of the molecule is COCCN1C[C@H](C(=O)Nc2ccc(Cl)cc2)CC1=O. The molecular formula is C14H17ClN2O3. The molecule has 1 fully saturated rings. The first-order valence-corrected chi connectivity index (χ1v) is 6.81. The van der Waals surface area contributed by atoms with Crippen LogP contribution in [0.2, 0.25) is 5.02 Å². The second-order valence-electron chi connectivity index (χ2n) is 4.73. The van der Waals surface area contributed by atoms with E-state index >= 15 is 0 Å². The van der Waals surface area contributed by atoms with E-state index in [1.165, 1.54) is 0 Å². The van der Waals surface area contributed by atoms with Crippen LogP contribution < -0.4 is 5.32 Å². The highest BCUT2D eigenvalue weighted by molar-refractivity contribution is 6.30. The molecule has 0 radical (unpaired) electrons. The summed E-state index contributed by atoms with van der Waals surface area (Å²) in [6.45, 7) is 1.46. The smallest absolute Gasteiger partial charge is 0.229 e. The Morgan fingerprint density at radius 1 is 1.45 bits per heavy atom. The lowest BCUT2D eigenvalue weighted by Gasteiger charge is -2.15. The van der Waals surface area contributed by atoms with Gasteiger partial charge in [0.25, 0.3) is 0 Å². The van der Waals surface area contributed by atoms with Gasteiger partial charge in [-0.3, -0.25) is 9.59 Å². The number of ether oxygens (including phenoxy) is 1. The molecule has 20 heavy (non-hydrogen) atoms. The lowest BCUT2D eigenvalue weighted by molar-refractivity contribution is -0.128. The summed E-state index contributed by atoms with van der Waals surface area (Å²) in [6, 6.07) is 6.89. The number of hydrogen-bond acceptors (Lipinski definition) is 3. The van der Waals surface area contributed by atoms with Gasteiger partial charge in [0.05, 0.1) is 12.5 Å². The number of anilines is 1. The molecule has 5 nitrogen and oxygen atoms in total. The van der Waals surface area contributed by atoms with E-state index in [0.717, 1.165) is 0 Å². The van der Waals surface area contributed by atoms with Crippen molar-refractivity contribution in [3.05, 3.63) is 29.3 Å². The number of nitrogens with one attached hydrogen (secondary N) is 1. The quantitative estimate of drug-likeness (QED) is 0.901. The van der Waals surface area contributed by atoms with Crippen molar-refractivity contribution in [3.8, 4) is 0 Å². The molecule has 1 aliphatic heterocycles. The van der Waals surface area contributed by atoms with Crippen LogP contribution in [0.4, 0.5) is 5.69 Å². The summed E-state index contributed by atoms with van der Waals surface area (Å²) in [5.74, 6) is -0.450. The molecule has 2 rings (SSSR count). The summed E-state index contributed by atoms with van der Waals surface area (Å²) >= 11 is 5.79. The topological polar surface area (TPSA) is 58.6 Å². The first-order valence-electron chi connectivity index (χ1n) is 6.43. The highest BCUT2D eigenvalue weighted by Crippen LogP contribution is 2.20. The van der Waals surface area contributed by atoms with Crippen LogP contribution in [0.25, 0.3) is 0 Å². The van der Waals surface area contributed by atoms with Crippen molar-refractivity contribution in [1.29, 1.82) is 0 Å². The van der Waals surface area contributed by atoms with E-state index in [0.29, 0.717) is 30.4 Å². The van der Waals surface area contributed by atoms with Crippen molar-refractivity contribution >= 4 is 29.1 Å². The molecule has 0 saturated carbocycles. The predicted octanol–water partition coefficient (Wildman–Crippen LogP) is 1.77. The average Bonchev–Trinajstić information content (AvgIpc) is 2.80. The van der Waals surface area contributed by atoms with E-state index in [-0.39, 0.29) is 24.2 Å². The molecule has 2 amide bonds. The van der Waals surface area contributed by atoms with Crippen molar-refractivity contribution < 1.29 is 14.3 Å². The highest BCUT2D eigenvalue weighted by Gasteiger charge is 2.33. The predicted molar refractivity (Wildman–Crippen MR) is 76.6 cm³/mol. The van der Waals surface area contributed by atoms with Crippen LogP contribution in [0, 0.1) is 5.92 Å². The summed E-state index contributed by atoms with van der Waals surface area (Å²) in [7, 11) is 1.59. The minimum atomic E-state index is -0.310. The van der Waals surface area contributed by atoms with Crippen LogP contribution in [0.15, 0.2) is 24.3 Å². The van der Waals surface area contributed by atoms with Gasteiger partial charge in [-0.25, -0.2) is 0 Å². The fourth-order valence-corrected chi connectivity index (χ4v) is 2.27. The van der Waals surface area contributed by atoms with Gasteiger partial charge >= 0.3 is 0 Å². The lowest BCUT2D eigenvalue weighted by atomic mass is 10.1. The van der Waals surface area contributed by atoms with Crippen LogP contribution in [-0.4, -0.2) is 43.5 Å². The number of methoxy groups -OCH3 is 1. The normalized spacial score (nSPS) is 18.4. The zero-order valence-electron chi connectivity index (χ0n) is 11.3. The second-order valence-corrected chi connectivity index (χ2v) is 5.17. The Balaban J connectivity index is 1.90. The number of hydrogen-bond donors (Lipinski definition) is 1. The molecule has 1 heterocycles. The van der Waals surface area contributed by atoms with Gasteiger partial charge < -0.3 is 15.0 Å². The van der Waals surface area contributed by atoms with Crippen molar-refractivity contribution in [2.75, 3.05) is 32.1 Å². The second kappa shape index (κ2) is 6.72. The zero-order chi connectivity index (χ0) is 14.5. The summed E-state index contributed by atoms with van der Waals surface area (Å²) < 4.78 is 4.95. The molecule has 1 saturated heterocycles. The first kappa shape index (κ1) is 14.8. The highest BCUT2D eigenvalue weighted by atomic mass is 35.5. The van der Waals surface area contributed by atoms with Crippen molar-refractivity contribution in [3.63, 3.8) is 0 Å². The molecule has 0 spiro atoms. The summed E-state index contributed by atoms with van der Waals surface area (Å²) in [5.41, 5.74) is 0.683. The van der Waals surface area contributed by atoms with Crippen LogP contribution in [0.1, 0.15) is 6.42 Å². The van der Waals surface area contributed by atoms with Crippen LogP contribution >= 0.6 is 11.6 Å². The van der Waals surface area contributed by atoms with Gasteiger partial charge in [0, 0.05) is 37.3 Å².